The molecule has 11 aromatic carbocycles. The molecule has 2 aliphatic rings. The monoisotopic (exact) mass is 938 g/mol. The van der Waals surface area contributed by atoms with Crippen molar-refractivity contribution in [1.82, 2.24) is 9.13 Å². The van der Waals surface area contributed by atoms with E-state index >= 15 is 0 Å². The van der Waals surface area contributed by atoms with Crippen LogP contribution in [0.4, 0.5) is 0 Å². The molecule has 0 aliphatic heterocycles. The first-order chi connectivity index (χ1) is 36.7. The predicted molar refractivity (Wildman–Crippen MR) is 299 cm³/mol. The summed E-state index contributed by atoms with van der Waals surface area (Å²) in [6.45, 7) is 0. The van der Waals surface area contributed by atoms with Gasteiger partial charge in [0.2, 0.25) is 0 Å². The number of nitrogens with zero attached hydrogens (tertiary/aromatic N) is 4. The zero-order valence-electron chi connectivity index (χ0n) is 40.0. The SMILES string of the molecule is N#Cc1cc(-n2c3ccccc3c3c4c(ccc32)C(c2ccccc2)(c2ccccc2)c2ccccc2-4)c(C#N)c(-n2c3ccccc3c3c4c(ccc32)C(c2ccccc2)(c2ccccc2)c2ccccc2-4)c1. The van der Waals surface area contributed by atoms with Crippen LogP contribution >= 0.6 is 0 Å². The maximum absolute atomic E-state index is 11.8. The molecule has 0 unspecified atom stereocenters. The number of aromatic nitrogens is 2. The van der Waals surface area contributed by atoms with Crippen LogP contribution in [0.2, 0.25) is 0 Å². The zero-order valence-corrected chi connectivity index (χ0v) is 40.0. The number of benzene rings is 11. The van der Waals surface area contributed by atoms with Gasteiger partial charge < -0.3 is 9.13 Å². The minimum Gasteiger partial charge on any atom is -0.308 e. The van der Waals surface area contributed by atoms with Crippen LogP contribution in [0.1, 0.15) is 55.6 Å². The highest BCUT2D eigenvalue weighted by Crippen LogP contribution is 2.61. The third kappa shape index (κ3) is 5.33. The molecule has 0 atom stereocenters. The van der Waals surface area contributed by atoms with Crippen LogP contribution in [0.3, 0.4) is 0 Å². The molecule has 0 radical (unpaired) electrons. The Morgan fingerprint density at radius 3 is 1.04 bits per heavy atom. The molecule has 0 saturated carbocycles. The number of hydrogen-bond donors (Lipinski definition) is 0. The molecule has 342 valence electrons. The molecule has 2 aliphatic carbocycles. The van der Waals surface area contributed by atoms with Crippen LogP contribution in [0, 0.1) is 22.7 Å². The van der Waals surface area contributed by atoms with E-state index in [1.165, 1.54) is 66.8 Å². The smallest absolute Gasteiger partial charge is 0.104 e. The summed E-state index contributed by atoms with van der Waals surface area (Å²) < 4.78 is 4.47. The van der Waals surface area contributed by atoms with Gasteiger partial charge in [0.1, 0.15) is 11.6 Å². The van der Waals surface area contributed by atoms with Crippen molar-refractivity contribution in [2.24, 2.45) is 0 Å². The third-order valence-corrected chi connectivity index (χ3v) is 16.3. The van der Waals surface area contributed by atoms with Gasteiger partial charge in [-0.15, -0.1) is 0 Å². The summed E-state index contributed by atoms with van der Waals surface area (Å²) in [7, 11) is 0. The van der Waals surface area contributed by atoms with Crippen LogP contribution in [0.25, 0.3) is 77.2 Å². The van der Waals surface area contributed by atoms with Crippen LogP contribution in [-0.2, 0) is 10.8 Å². The first kappa shape index (κ1) is 41.8. The van der Waals surface area contributed by atoms with Gasteiger partial charge in [0.25, 0.3) is 0 Å². The molecule has 74 heavy (non-hydrogen) atoms. The summed E-state index contributed by atoms with van der Waals surface area (Å²) in [5.41, 5.74) is 19.3. The molecule has 15 rings (SSSR count). The summed E-state index contributed by atoms with van der Waals surface area (Å²) in [5, 5.41) is 27.2. The predicted octanol–water partition coefficient (Wildman–Crippen LogP) is 16.4. The lowest BCUT2D eigenvalue weighted by Crippen LogP contribution is -2.28. The lowest BCUT2D eigenvalue weighted by atomic mass is 9.67. The first-order valence-electron chi connectivity index (χ1n) is 25.2. The Kier molecular flexibility index (Phi) is 8.89. The molecule has 0 amide bonds. The molecule has 13 aromatic rings. The molecule has 0 bridgehead atoms. The molecule has 0 spiro atoms. The fourth-order valence-electron chi connectivity index (χ4n) is 13.6. The highest BCUT2D eigenvalue weighted by molar-refractivity contribution is 6.20. The maximum atomic E-state index is 11.8. The minimum absolute atomic E-state index is 0.461. The van der Waals surface area contributed by atoms with E-state index in [-0.39, 0.29) is 0 Å². The molecule has 2 aromatic heterocycles. The molecule has 4 heteroatoms. The van der Waals surface area contributed by atoms with Crippen LogP contribution < -0.4 is 0 Å². The van der Waals surface area contributed by atoms with Crippen molar-refractivity contribution >= 4 is 43.6 Å². The van der Waals surface area contributed by atoms with E-state index < -0.39 is 10.8 Å². The lowest BCUT2D eigenvalue weighted by molar-refractivity contribution is 0.769. The number of fused-ring (bicyclic) bond motifs is 14. The zero-order chi connectivity index (χ0) is 49.1. The van der Waals surface area contributed by atoms with Crippen molar-refractivity contribution < 1.29 is 0 Å². The largest absolute Gasteiger partial charge is 0.308 e. The number of nitriles is 2. The number of rotatable bonds is 6. The van der Waals surface area contributed by atoms with E-state index in [1.807, 2.05) is 12.1 Å². The fraction of sp³-hybridized carbons (Fsp3) is 0.0286. The summed E-state index contributed by atoms with van der Waals surface area (Å²) in [6, 6.07) is 96.5. The van der Waals surface area contributed by atoms with Gasteiger partial charge in [-0.3, -0.25) is 0 Å². The highest BCUT2D eigenvalue weighted by Gasteiger charge is 2.49. The van der Waals surface area contributed by atoms with Crippen LogP contribution in [0.15, 0.2) is 255 Å². The Morgan fingerprint density at radius 1 is 0.311 bits per heavy atom. The van der Waals surface area contributed by atoms with Gasteiger partial charge >= 0.3 is 0 Å². The van der Waals surface area contributed by atoms with Gasteiger partial charge in [0.05, 0.1) is 55.9 Å². The van der Waals surface area contributed by atoms with Crippen molar-refractivity contribution in [3.05, 3.63) is 310 Å². The third-order valence-electron chi connectivity index (χ3n) is 16.3. The normalized spacial score (nSPS) is 13.6. The van der Waals surface area contributed by atoms with Crippen molar-refractivity contribution in [3.8, 4) is 45.8 Å². The standard InChI is InChI=1S/C70H42N4/c71-43-45-41-63(73-59-35-19-15-31-52(59)67-61(73)39-37-57-65(67)50-29-13-17-33-55(50)69(57,46-21-5-1-6-22-46)47-23-7-2-8-24-47)54(44-72)64(42-45)74-60-36-20-16-32-53(60)68-62(74)40-38-58-66(68)51-30-14-18-34-56(51)70(58,48-25-9-3-10-26-48)49-27-11-4-12-28-49/h1-42H. The van der Waals surface area contributed by atoms with Crippen molar-refractivity contribution in [3.63, 3.8) is 0 Å². The molecule has 0 N–H and O–H groups in total. The summed E-state index contributed by atoms with van der Waals surface area (Å²) in [5.74, 6) is 0. The van der Waals surface area contributed by atoms with E-state index in [1.54, 1.807) is 0 Å². The van der Waals surface area contributed by atoms with E-state index in [0.29, 0.717) is 22.5 Å². The topological polar surface area (TPSA) is 57.4 Å². The van der Waals surface area contributed by atoms with Gasteiger partial charge in [-0.25, -0.2) is 0 Å². The highest BCUT2D eigenvalue weighted by atomic mass is 15.0. The van der Waals surface area contributed by atoms with E-state index in [2.05, 4.69) is 264 Å². The Hall–Kier alpha value is -10.0. The van der Waals surface area contributed by atoms with Gasteiger partial charge in [-0.05, 0) is 103 Å². The average molecular weight is 939 g/mol. The molecule has 2 heterocycles. The van der Waals surface area contributed by atoms with E-state index in [4.69, 9.17) is 0 Å². The van der Waals surface area contributed by atoms with Gasteiger partial charge in [-0.2, -0.15) is 10.5 Å². The van der Waals surface area contributed by atoms with Crippen LogP contribution in [-0.4, -0.2) is 9.13 Å². The summed E-state index contributed by atoms with van der Waals surface area (Å²) in [4.78, 5) is 0. The fourth-order valence-corrected chi connectivity index (χ4v) is 13.6. The second-order valence-electron chi connectivity index (χ2n) is 19.6. The lowest BCUT2D eigenvalue weighted by Gasteiger charge is -2.33. The maximum Gasteiger partial charge on any atom is 0.104 e. The Balaban J connectivity index is 1.03. The molecular weight excluding hydrogens is 897 g/mol. The van der Waals surface area contributed by atoms with Gasteiger partial charge in [0, 0.05) is 21.5 Å². The molecule has 0 saturated heterocycles. The van der Waals surface area contributed by atoms with Crippen molar-refractivity contribution in [2.75, 3.05) is 0 Å². The number of para-hydroxylation sites is 2. The molecule has 4 nitrogen and oxygen atoms in total. The summed E-state index contributed by atoms with van der Waals surface area (Å²) in [6.07, 6.45) is 0. The Bertz CT molecular complexity index is 4190. The van der Waals surface area contributed by atoms with Gasteiger partial charge in [0.15, 0.2) is 0 Å². The Labute approximate surface area is 428 Å². The van der Waals surface area contributed by atoms with Crippen molar-refractivity contribution in [2.45, 2.75) is 10.8 Å². The van der Waals surface area contributed by atoms with Crippen LogP contribution in [0.5, 0.6) is 0 Å². The first-order valence-corrected chi connectivity index (χ1v) is 25.2. The average Bonchev–Trinajstić information content (AvgIpc) is 4.19. The summed E-state index contributed by atoms with van der Waals surface area (Å²) >= 11 is 0. The Morgan fingerprint density at radius 2 is 0.662 bits per heavy atom. The molecular formula is C70H42N4. The van der Waals surface area contributed by atoms with E-state index in [0.717, 1.165) is 43.6 Å². The second-order valence-corrected chi connectivity index (χ2v) is 19.6. The van der Waals surface area contributed by atoms with Gasteiger partial charge in [-0.1, -0.05) is 218 Å². The minimum atomic E-state index is -0.587. The van der Waals surface area contributed by atoms with E-state index in [9.17, 15) is 10.5 Å². The second kappa shape index (κ2) is 15.7. The van der Waals surface area contributed by atoms with Crippen molar-refractivity contribution in [1.29, 1.82) is 10.5 Å². The molecule has 0 fully saturated rings. The quantitative estimate of drug-likeness (QED) is 0.167. The number of hydrogen-bond acceptors (Lipinski definition) is 2.